The van der Waals surface area contributed by atoms with E-state index in [1.165, 1.54) is 7.11 Å². The van der Waals surface area contributed by atoms with E-state index in [0.717, 1.165) is 35.4 Å². The van der Waals surface area contributed by atoms with Crippen LogP contribution in [-0.2, 0) is 14.0 Å². The van der Waals surface area contributed by atoms with E-state index < -0.39 is 0 Å². The van der Waals surface area contributed by atoms with Gasteiger partial charge in [0.25, 0.3) is 0 Å². The van der Waals surface area contributed by atoms with Crippen molar-refractivity contribution >= 4 is 18.7 Å². The zero-order valence-corrected chi connectivity index (χ0v) is 15.9. The number of carbonyl (C=O) groups excluding carboxylic acids is 1. The number of ether oxygens (including phenoxy) is 1. The van der Waals surface area contributed by atoms with Crippen LogP contribution in [0.2, 0.25) is 0 Å². The molecule has 0 aliphatic carbocycles. The van der Waals surface area contributed by atoms with E-state index in [0.29, 0.717) is 13.2 Å². The summed E-state index contributed by atoms with van der Waals surface area (Å²) in [7, 11) is 1.09. The lowest BCUT2D eigenvalue weighted by molar-refractivity contribution is 0.117. The van der Waals surface area contributed by atoms with Crippen LogP contribution in [0.5, 0.6) is 0 Å². The van der Waals surface area contributed by atoms with Gasteiger partial charge < -0.3 is 19.0 Å². The van der Waals surface area contributed by atoms with E-state index >= 15 is 0 Å². The van der Waals surface area contributed by atoms with E-state index in [-0.39, 0.29) is 24.9 Å². The summed E-state index contributed by atoms with van der Waals surface area (Å²) in [6.07, 6.45) is 3.33. The van der Waals surface area contributed by atoms with Crippen LogP contribution in [0.25, 0.3) is 11.3 Å². The summed E-state index contributed by atoms with van der Waals surface area (Å²) in [6, 6.07) is 8.01. The highest BCUT2D eigenvalue weighted by atomic mass is 16.7. The molecule has 0 radical (unpaired) electrons. The summed E-state index contributed by atoms with van der Waals surface area (Å²) >= 11 is 0. The molecule has 27 heavy (non-hydrogen) atoms. The first kappa shape index (κ1) is 18.1. The molecule has 1 N–H and O–H groups in total. The number of hydrogen-bond donors (Lipinski definition) is 1. The van der Waals surface area contributed by atoms with Crippen LogP contribution in [0.1, 0.15) is 38.6 Å². The molecule has 1 aromatic heterocycles. The monoisotopic (exact) mass is 369 g/mol. The Bertz CT molecular complexity index is 821. The molecule has 8 heteroatoms. The van der Waals surface area contributed by atoms with Gasteiger partial charge in [-0.25, -0.2) is 9.78 Å². The van der Waals surface area contributed by atoms with Gasteiger partial charge >= 0.3 is 13.2 Å². The number of rotatable bonds is 3. The van der Waals surface area contributed by atoms with Gasteiger partial charge in [0.1, 0.15) is 5.82 Å². The Morgan fingerprint density at radius 2 is 2.15 bits per heavy atom. The summed E-state index contributed by atoms with van der Waals surface area (Å²) in [5.74, 6) is 0.793. The van der Waals surface area contributed by atoms with Crippen molar-refractivity contribution in [3.63, 3.8) is 0 Å². The maximum Gasteiger partial charge on any atom is 0.494 e. The third-order valence-electron chi connectivity index (χ3n) is 5.08. The fourth-order valence-electron chi connectivity index (χ4n) is 3.66. The average molecular weight is 369 g/mol. The number of methoxy groups -OCH3 is 1. The SMILES string of the molecule is COC(=O)N1CCC[C@H]1c1ncc(-c2ccc(B3OCC(C)(C)O3)cc2)[nH]1. The van der Waals surface area contributed by atoms with E-state index in [1.807, 2.05) is 44.3 Å². The largest absolute Gasteiger partial charge is 0.494 e. The van der Waals surface area contributed by atoms with Gasteiger partial charge in [0.2, 0.25) is 0 Å². The van der Waals surface area contributed by atoms with Gasteiger partial charge in [-0.15, -0.1) is 0 Å². The highest BCUT2D eigenvalue weighted by Gasteiger charge is 2.38. The van der Waals surface area contributed by atoms with E-state index in [9.17, 15) is 4.79 Å². The van der Waals surface area contributed by atoms with Crippen molar-refractivity contribution in [2.45, 2.75) is 38.3 Å². The Morgan fingerprint density at radius 3 is 2.81 bits per heavy atom. The van der Waals surface area contributed by atoms with Crippen molar-refractivity contribution in [3.05, 3.63) is 36.3 Å². The van der Waals surface area contributed by atoms with Gasteiger partial charge in [0.15, 0.2) is 0 Å². The molecule has 2 aliphatic heterocycles. The second-order valence-electron chi connectivity index (χ2n) is 7.65. The van der Waals surface area contributed by atoms with Crippen LogP contribution in [0, 0.1) is 0 Å². The third kappa shape index (κ3) is 3.59. The molecule has 2 aliphatic rings. The summed E-state index contributed by atoms with van der Waals surface area (Å²) in [5.41, 5.74) is 2.69. The van der Waals surface area contributed by atoms with Crippen molar-refractivity contribution in [2.75, 3.05) is 20.3 Å². The summed E-state index contributed by atoms with van der Waals surface area (Å²) in [4.78, 5) is 21.5. The van der Waals surface area contributed by atoms with Gasteiger partial charge in [-0.1, -0.05) is 24.3 Å². The highest BCUT2D eigenvalue weighted by Crippen LogP contribution is 2.31. The van der Waals surface area contributed by atoms with Crippen LogP contribution in [-0.4, -0.2) is 53.9 Å². The average Bonchev–Trinajstić information content (AvgIpc) is 3.39. The number of hydrogen-bond acceptors (Lipinski definition) is 5. The highest BCUT2D eigenvalue weighted by molar-refractivity contribution is 6.61. The second-order valence-corrected chi connectivity index (χ2v) is 7.65. The van der Waals surface area contributed by atoms with Gasteiger partial charge in [-0.2, -0.15) is 0 Å². The van der Waals surface area contributed by atoms with E-state index in [2.05, 4.69) is 9.97 Å². The van der Waals surface area contributed by atoms with Gasteiger partial charge in [0, 0.05) is 6.54 Å². The topological polar surface area (TPSA) is 76.7 Å². The van der Waals surface area contributed by atoms with Crippen LogP contribution < -0.4 is 5.46 Å². The first-order chi connectivity index (χ1) is 13.0. The predicted molar refractivity (Wildman–Crippen MR) is 102 cm³/mol. The van der Waals surface area contributed by atoms with Gasteiger partial charge in [0.05, 0.1) is 37.3 Å². The summed E-state index contributed by atoms with van der Waals surface area (Å²) in [5, 5.41) is 0. The minimum Gasteiger partial charge on any atom is -0.453 e. The van der Waals surface area contributed by atoms with E-state index in [1.54, 1.807) is 4.90 Å². The van der Waals surface area contributed by atoms with Crippen molar-refractivity contribution in [3.8, 4) is 11.3 Å². The molecule has 1 amide bonds. The number of nitrogens with zero attached hydrogens (tertiary/aromatic N) is 2. The fourth-order valence-corrected chi connectivity index (χ4v) is 3.66. The Balaban J connectivity index is 1.49. The zero-order valence-electron chi connectivity index (χ0n) is 15.9. The van der Waals surface area contributed by atoms with Gasteiger partial charge in [-0.05, 0) is 37.7 Å². The normalized spacial score (nSPS) is 21.7. The molecule has 7 nitrogen and oxygen atoms in total. The maximum absolute atomic E-state index is 11.9. The molecular formula is C19H24BN3O4. The molecule has 1 atom stereocenters. The molecule has 2 fully saturated rings. The zero-order chi connectivity index (χ0) is 19.0. The standard InChI is InChI=1S/C19H24BN3O4/c1-19(2)12-26-20(27-19)14-8-6-13(7-9-14)15-11-21-17(22-15)16-5-4-10-23(16)18(24)25-3/h6-9,11,16H,4-5,10,12H2,1-3H3,(H,21,22)/t16-/m0/s1. The number of carbonyl (C=O) groups is 1. The van der Waals surface area contributed by atoms with Crippen LogP contribution in [0.3, 0.4) is 0 Å². The molecule has 0 spiro atoms. The van der Waals surface area contributed by atoms with Crippen LogP contribution in [0.15, 0.2) is 30.5 Å². The first-order valence-corrected chi connectivity index (χ1v) is 9.26. The Morgan fingerprint density at radius 1 is 1.37 bits per heavy atom. The molecule has 0 saturated carbocycles. The molecular weight excluding hydrogens is 345 g/mol. The van der Waals surface area contributed by atoms with Crippen molar-refractivity contribution < 1.29 is 18.8 Å². The maximum atomic E-state index is 11.9. The van der Waals surface area contributed by atoms with Gasteiger partial charge in [-0.3, -0.25) is 4.90 Å². The molecule has 0 bridgehead atoms. The summed E-state index contributed by atoms with van der Waals surface area (Å²) < 4.78 is 16.5. The number of amides is 1. The molecule has 4 rings (SSSR count). The van der Waals surface area contributed by atoms with Crippen LogP contribution in [0.4, 0.5) is 4.79 Å². The lowest BCUT2D eigenvalue weighted by atomic mass is 9.79. The Kier molecular flexibility index (Phi) is 4.69. The number of likely N-dealkylation sites (tertiary alicyclic amines) is 1. The summed E-state index contributed by atoms with van der Waals surface area (Å²) in [6.45, 7) is 5.32. The predicted octanol–water partition coefficient (Wildman–Crippen LogP) is 2.50. The Labute approximate surface area is 159 Å². The van der Waals surface area contributed by atoms with Crippen molar-refractivity contribution in [2.24, 2.45) is 0 Å². The number of nitrogens with one attached hydrogen (secondary N) is 1. The van der Waals surface area contributed by atoms with Crippen molar-refractivity contribution in [1.82, 2.24) is 14.9 Å². The number of imidazole rings is 1. The molecule has 142 valence electrons. The third-order valence-corrected chi connectivity index (χ3v) is 5.08. The smallest absolute Gasteiger partial charge is 0.453 e. The molecule has 2 saturated heterocycles. The number of benzene rings is 1. The molecule has 3 heterocycles. The molecule has 2 aromatic rings. The molecule has 0 unspecified atom stereocenters. The van der Waals surface area contributed by atoms with Crippen LogP contribution >= 0.6 is 0 Å². The lowest BCUT2D eigenvalue weighted by Gasteiger charge is -2.21. The number of H-pyrrole nitrogens is 1. The Hall–Kier alpha value is -2.32. The van der Waals surface area contributed by atoms with Crippen molar-refractivity contribution in [1.29, 1.82) is 0 Å². The second kappa shape index (κ2) is 7.01. The van der Waals surface area contributed by atoms with E-state index in [4.69, 9.17) is 14.0 Å². The minimum absolute atomic E-state index is 0.0620. The first-order valence-electron chi connectivity index (χ1n) is 9.26. The number of aromatic nitrogens is 2. The lowest BCUT2D eigenvalue weighted by Crippen LogP contribution is -2.34. The molecule has 1 aromatic carbocycles. The number of aromatic amines is 1. The quantitative estimate of drug-likeness (QED) is 0.842. The fraction of sp³-hybridized carbons (Fsp3) is 0.474. The minimum atomic E-state index is -0.321.